The molecule has 0 amide bonds. The summed E-state index contributed by atoms with van der Waals surface area (Å²) in [7, 11) is -3.24. The second kappa shape index (κ2) is 6.91. The number of nitrogens with one attached hydrogen (secondary N) is 1. The maximum absolute atomic E-state index is 11.6. The van der Waals surface area contributed by atoms with Gasteiger partial charge >= 0.3 is 0 Å². The van der Waals surface area contributed by atoms with E-state index in [0.29, 0.717) is 39.9 Å². The van der Waals surface area contributed by atoms with Crippen LogP contribution >= 0.6 is 11.8 Å². The topological polar surface area (TPSA) is 141 Å². The van der Waals surface area contributed by atoms with Gasteiger partial charge in [0.15, 0.2) is 9.84 Å². The lowest BCUT2D eigenvalue weighted by Crippen LogP contribution is -1.96. The molecule has 28 heavy (non-hydrogen) atoms. The molecule has 0 saturated carbocycles. The molecule has 0 atom stereocenters. The SMILES string of the molecule is Cc1oc(-c2ccc(S(C)(=O)=O)cc2)nc1CSc1cc(N)nc2n[nH]nc12. The van der Waals surface area contributed by atoms with Crippen LogP contribution < -0.4 is 5.73 Å². The molecular formula is C17H16N6O3S2. The first-order chi connectivity index (χ1) is 13.3. The van der Waals surface area contributed by atoms with Gasteiger partial charge in [-0.05, 0) is 37.3 Å². The fraction of sp³-hybridized carbons (Fsp3) is 0.176. The van der Waals surface area contributed by atoms with Crippen LogP contribution in [0.3, 0.4) is 0 Å². The van der Waals surface area contributed by atoms with Crippen molar-refractivity contribution in [1.82, 2.24) is 25.4 Å². The zero-order chi connectivity index (χ0) is 19.9. The quantitative estimate of drug-likeness (QED) is 0.469. The number of nitrogens with zero attached hydrogens (tertiary/aromatic N) is 4. The first kappa shape index (κ1) is 18.4. The second-order valence-corrected chi connectivity index (χ2v) is 9.18. The first-order valence-corrected chi connectivity index (χ1v) is 11.1. The molecule has 9 nitrogen and oxygen atoms in total. The number of benzene rings is 1. The number of sulfone groups is 1. The molecule has 0 radical (unpaired) electrons. The number of pyridine rings is 1. The third-order valence-corrected chi connectivity index (χ3v) is 6.23. The number of aryl methyl sites for hydroxylation is 1. The molecule has 4 aromatic rings. The number of fused-ring (bicyclic) bond motifs is 1. The fourth-order valence-corrected chi connectivity index (χ4v) is 4.28. The Morgan fingerprint density at radius 1 is 1.18 bits per heavy atom. The monoisotopic (exact) mass is 416 g/mol. The smallest absolute Gasteiger partial charge is 0.226 e. The molecule has 0 aliphatic rings. The number of thioether (sulfide) groups is 1. The Morgan fingerprint density at radius 3 is 2.64 bits per heavy atom. The number of anilines is 1. The molecule has 0 saturated heterocycles. The average molecular weight is 416 g/mol. The standard InChI is InChI=1S/C17H16N6O3S2/c1-9-12(8-27-13-7-14(18)20-16-15(13)21-23-22-16)19-17(26-9)10-3-5-11(6-4-10)28(2,24)25/h3-7H,8H2,1-2H3,(H3,18,20,21,22,23). The molecular weight excluding hydrogens is 400 g/mol. The van der Waals surface area contributed by atoms with Crippen LogP contribution in [0, 0.1) is 6.92 Å². The molecule has 0 spiro atoms. The van der Waals surface area contributed by atoms with Crippen molar-refractivity contribution in [2.24, 2.45) is 0 Å². The highest BCUT2D eigenvalue weighted by atomic mass is 32.2. The molecule has 0 aliphatic heterocycles. The highest BCUT2D eigenvalue weighted by Gasteiger charge is 2.15. The molecule has 0 unspecified atom stereocenters. The van der Waals surface area contributed by atoms with E-state index in [2.05, 4.69) is 25.4 Å². The molecule has 0 bridgehead atoms. The van der Waals surface area contributed by atoms with E-state index in [0.717, 1.165) is 10.6 Å². The zero-order valence-electron chi connectivity index (χ0n) is 15.0. The van der Waals surface area contributed by atoms with E-state index in [9.17, 15) is 8.42 Å². The Morgan fingerprint density at radius 2 is 1.93 bits per heavy atom. The van der Waals surface area contributed by atoms with Crippen molar-refractivity contribution < 1.29 is 12.8 Å². The van der Waals surface area contributed by atoms with Crippen molar-refractivity contribution in [2.75, 3.05) is 12.0 Å². The molecule has 3 heterocycles. The number of oxazole rings is 1. The minimum atomic E-state index is -3.24. The van der Waals surface area contributed by atoms with Gasteiger partial charge in [0, 0.05) is 22.5 Å². The molecule has 3 aromatic heterocycles. The molecule has 144 valence electrons. The van der Waals surface area contributed by atoms with Crippen LogP contribution in [0.15, 0.2) is 44.5 Å². The fourth-order valence-electron chi connectivity index (χ4n) is 2.61. The molecule has 3 N–H and O–H groups in total. The molecule has 4 rings (SSSR count). The summed E-state index contributed by atoms with van der Waals surface area (Å²) >= 11 is 1.51. The van der Waals surface area contributed by atoms with Gasteiger partial charge in [-0.1, -0.05) is 0 Å². The van der Waals surface area contributed by atoms with E-state index < -0.39 is 9.84 Å². The summed E-state index contributed by atoms with van der Waals surface area (Å²) in [6.45, 7) is 1.84. The van der Waals surface area contributed by atoms with E-state index in [1.165, 1.54) is 18.0 Å². The second-order valence-electron chi connectivity index (χ2n) is 6.15. The van der Waals surface area contributed by atoms with Crippen LogP contribution in [0.4, 0.5) is 5.82 Å². The van der Waals surface area contributed by atoms with Gasteiger partial charge in [0.2, 0.25) is 11.5 Å². The van der Waals surface area contributed by atoms with Crippen molar-refractivity contribution in [3.63, 3.8) is 0 Å². The van der Waals surface area contributed by atoms with Crippen LogP contribution in [0.2, 0.25) is 0 Å². The lowest BCUT2D eigenvalue weighted by Gasteiger charge is -2.01. The van der Waals surface area contributed by atoms with E-state index in [1.54, 1.807) is 30.3 Å². The van der Waals surface area contributed by atoms with Crippen LogP contribution in [0.1, 0.15) is 11.5 Å². The van der Waals surface area contributed by atoms with E-state index >= 15 is 0 Å². The van der Waals surface area contributed by atoms with Gasteiger partial charge in [-0.15, -0.1) is 16.9 Å². The van der Waals surface area contributed by atoms with E-state index in [4.69, 9.17) is 10.2 Å². The molecule has 0 fully saturated rings. The van der Waals surface area contributed by atoms with Crippen LogP contribution in [-0.4, -0.2) is 40.1 Å². The van der Waals surface area contributed by atoms with Crippen LogP contribution in [-0.2, 0) is 15.6 Å². The van der Waals surface area contributed by atoms with E-state index in [1.807, 2.05) is 6.92 Å². The van der Waals surface area contributed by atoms with Crippen molar-refractivity contribution in [2.45, 2.75) is 22.5 Å². The largest absolute Gasteiger partial charge is 0.441 e. The Kier molecular flexibility index (Phi) is 4.55. The maximum Gasteiger partial charge on any atom is 0.226 e. The number of aromatic nitrogens is 5. The third kappa shape index (κ3) is 3.58. The third-order valence-electron chi connectivity index (χ3n) is 4.06. The van der Waals surface area contributed by atoms with Crippen molar-refractivity contribution >= 4 is 38.6 Å². The van der Waals surface area contributed by atoms with Crippen molar-refractivity contribution in [3.8, 4) is 11.5 Å². The Hall–Kier alpha value is -2.92. The molecule has 1 aromatic carbocycles. The lowest BCUT2D eigenvalue weighted by molar-refractivity contribution is 0.540. The lowest BCUT2D eigenvalue weighted by atomic mass is 10.2. The summed E-state index contributed by atoms with van der Waals surface area (Å²) in [6.07, 6.45) is 1.17. The van der Waals surface area contributed by atoms with Gasteiger partial charge in [0.25, 0.3) is 0 Å². The number of H-pyrrole nitrogens is 1. The highest BCUT2D eigenvalue weighted by molar-refractivity contribution is 7.98. The van der Waals surface area contributed by atoms with Gasteiger partial charge in [0.05, 0.1) is 10.6 Å². The van der Waals surface area contributed by atoms with Crippen LogP contribution in [0.25, 0.3) is 22.6 Å². The van der Waals surface area contributed by atoms with Gasteiger partial charge < -0.3 is 10.2 Å². The predicted octanol–water partition coefficient (Wildman–Crippen LogP) is 2.59. The number of aromatic amines is 1. The minimum absolute atomic E-state index is 0.252. The summed E-state index contributed by atoms with van der Waals surface area (Å²) < 4.78 is 28.9. The Labute approximate surface area is 164 Å². The predicted molar refractivity (Wildman–Crippen MR) is 105 cm³/mol. The highest BCUT2D eigenvalue weighted by Crippen LogP contribution is 2.31. The normalized spacial score (nSPS) is 11.9. The summed E-state index contributed by atoms with van der Waals surface area (Å²) in [5.74, 6) is 2.04. The average Bonchev–Trinajstić information content (AvgIpc) is 3.25. The zero-order valence-corrected chi connectivity index (χ0v) is 16.6. The van der Waals surface area contributed by atoms with Crippen molar-refractivity contribution in [3.05, 3.63) is 41.8 Å². The number of nitrogens with two attached hydrogens (primary N) is 1. The van der Waals surface area contributed by atoms with E-state index in [-0.39, 0.29) is 4.90 Å². The summed E-state index contributed by atoms with van der Waals surface area (Å²) in [5.41, 5.74) is 8.42. The number of hydrogen-bond acceptors (Lipinski definition) is 9. The Balaban J connectivity index is 1.57. The first-order valence-electron chi connectivity index (χ1n) is 8.18. The Bertz CT molecular complexity index is 1260. The van der Waals surface area contributed by atoms with Gasteiger partial charge in [-0.25, -0.2) is 18.4 Å². The number of hydrogen-bond donors (Lipinski definition) is 2. The minimum Gasteiger partial charge on any atom is -0.441 e. The summed E-state index contributed by atoms with van der Waals surface area (Å²) in [4.78, 5) is 9.77. The van der Waals surface area contributed by atoms with Crippen LogP contribution in [0.5, 0.6) is 0 Å². The summed E-state index contributed by atoms with van der Waals surface area (Å²) in [5, 5.41) is 10.6. The molecule has 0 aliphatic carbocycles. The van der Waals surface area contributed by atoms with Gasteiger partial charge in [-0.3, -0.25) is 0 Å². The number of nitrogen functional groups attached to an aromatic ring is 1. The number of rotatable bonds is 5. The molecule has 11 heteroatoms. The van der Waals surface area contributed by atoms with Crippen molar-refractivity contribution in [1.29, 1.82) is 0 Å². The maximum atomic E-state index is 11.6. The van der Waals surface area contributed by atoms with Gasteiger partial charge in [-0.2, -0.15) is 10.3 Å². The van der Waals surface area contributed by atoms with Gasteiger partial charge in [0.1, 0.15) is 17.1 Å². The summed E-state index contributed by atoms with van der Waals surface area (Å²) in [6, 6.07) is 8.19.